The minimum Gasteiger partial charge on any atom is -0.497 e. The van der Waals surface area contributed by atoms with Gasteiger partial charge in [-0.05, 0) is 44.0 Å². The molecule has 1 aliphatic carbocycles. The van der Waals surface area contributed by atoms with Crippen LogP contribution in [-0.4, -0.2) is 47.1 Å². The predicted molar refractivity (Wildman–Crippen MR) is 139 cm³/mol. The van der Waals surface area contributed by atoms with Crippen molar-refractivity contribution in [3.63, 3.8) is 0 Å². The van der Waals surface area contributed by atoms with Crippen molar-refractivity contribution in [2.24, 2.45) is 0 Å². The second-order valence-electron chi connectivity index (χ2n) is 10.2. The smallest absolute Gasteiger partial charge is 0.271 e. The van der Waals surface area contributed by atoms with Crippen molar-refractivity contribution in [2.75, 3.05) is 14.2 Å². The van der Waals surface area contributed by atoms with E-state index in [1.165, 1.54) is 12.8 Å². The van der Waals surface area contributed by atoms with Gasteiger partial charge in [0.15, 0.2) is 0 Å². The van der Waals surface area contributed by atoms with Crippen LogP contribution in [0.2, 0.25) is 0 Å². The largest absolute Gasteiger partial charge is 0.497 e. The molecule has 0 bridgehead atoms. The molecule has 1 aromatic heterocycles. The second kappa shape index (κ2) is 9.88. The number of fused-ring (bicyclic) bond motifs is 3. The number of ether oxygens (including phenoxy) is 2. The van der Waals surface area contributed by atoms with E-state index in [4.69, 9.17) is 9.47 Å². The summed E-state index contributed by atoms with van der Waals surface area (Å²) in [5.74, 6) is 1.15. The van der Waals surface area contributed by atoms with Crippen LogP contribution in [0.1, 0.15) is 61.5 Å². The summed E-state index contributed by atoms with van der Waals surface area (Å²) in [5.41, 5.74) is 1.26. The van der Waals surface area contributed by atoms with Crippen molar-refractivity contribution < 1.29 is 19.1 Å². The molecule has 1 N–H and O–H groups in total. The lowest BCUT2D eigenvalue weighted by atomic mass is 9.92. The molecule has 36 heavy (non-hydrogen) atoms. The summed E-state index contributed by atoms with van der Waals surface area (Å²) in [6.45, 7) is 2.53. The third kappa shape index (κ3) is 4.31. The van der Waals surface area contributed by atoms with E-state index in [1.807, 2.05) is 60.0 Å². The monoisotopic (exact) mass is 489 g/mol. The highest BCUT2D eigenvalue weighted by molar-refractivity contribution is 6.03. The molecule has 0 spiro atoms. The van der Waals surface area contributed by atoms with Crippen LogP contribution in [-0.2, 0) is 17.9 Å². The van der Waals surface area contributed by atoms with Crippen LogP contribution >= 0.6 is 0 Å². The summed E-state index contributed by atoms with van der Waals surface area (Å²) in [7, 11) is 3.26. The fraction of sp³-hybridized carbons (Fsp3) is 0.448. The van der Waals surface area contributed by atoms with Gasteiger partial charge in [0.1, 0.15) is 22.7 Å². The number of amides is 2. The molecule has 1 atom stereocenters. The van der Waals surface area contributed by atoms with Crippen molar-refractivity contribution in [1.29, 1.82) is 0 Å². The number of methoxy groups -OCH3 is 2. The van der Waals surface area contributed by atoms with Crippen LogP contribution in [0.4, 0.5) is 0 Å². The zero-order valence-corrected chi connectivity index (χ0v) is 21.4. The summed E-state index contributed by atoms with van der Waals surface area (Å²) >= 11 is 0. The molecule has 2 aromatic carbocycles. The number of hydrogen-bond acceptors (Lipinski definition) is 4. The molecule has 2 heterocycles. The number of carbonyl (C=O) groups is 2. The fourth-order valence-electron chi connectivity index (χ4n) is 5.67. The Labute approximate surface area is 212 Å². The minimum atomic E-state index is -1.08. The summed E-state index contributed by atoms with van der Waals surface area (Å²) in [5, 5.41) is 4.27. The van der Waals surface area contributed by atoms with E-state index in [-0.39, 0.29) is 24.4 Å². The van der Waals surface area contributed by atoms with Crippen LogP contribution in [0.3, 0.4) is 0 Å². The summed E-state index contributed by atoms with van der Waals surface area (Å²) < 4.78 is 13.0. The van der Waals surface area contributed by atoms with Gasteiger partial charge in [0.25, 0.3) is 5.91 Å². The van der Waals surface area contributed by atoms with Gasteiger partial charge in [-0.25, -0.2) is 0 Å². The van der Waals surface area contributed by atoms with Gasteiger partial charge in [-0.2, -0.15) is 0 Å². The maximum Gasteiger partial charge on any atom is 0.271 e. The van der Waals surface area contributed by atoms with Gasteiger partial charge in [-0.15, -0.1) is 0 Å². The number of benzene rings is 2. The Kier molecular flexibility index (Phi) is 6.65. The topological polar surface area (TPSA) is 72.8 Å². The van der Waals surface area contributed by atoms with Crippen LogP contribution < -0.4 is 14.8 Å². The van der Waals surface area contributed by atoms with Gasteiger partial charge in [0.05, 0.1) is 32.8 Å². The quantitative estimate of drug-likeness (QED) is 0.499. The lowest BCUT2D eigenvalue weighted by Crippen LogP contribution is -2.64. The van der Waals surface area contributed by atoms with E-state index < -0.39 is 5.54 Å². The van der Waals surface area contributed by atoms with Crippen LogP contribution in [0, 0.1) is 0 Å². The Morgan fingerprint density at radius 3 is 2.50 bits per heavy atom. The Morgan fingerprint density at radius 2 is 1.78 bits per heavy atom. The zero-order valence-electron chi connectivity index (χ0n) is 21.4. The summed E-state index contributed by atoms with van der Waals surface area (Å²) in [6.07, 6.45) is 6.63. The first kappa shape index (κ1) is 24.2. The molecule has 0 radical (unpaired) electrons. The lowest BCUT2D eigenvalue weighted by Gasteiger charge is -2.44. The van der Waals surface area contributed by atoms with Gasteiger partial charge < -0.3 is 24.3 Å². The van der Waals surface area contributed by atoms with Crippen molar-refractivity contribution in [2.45, 2.75) is 70.1 Å². The van der Waals surface area contributed by atoms with Crippen molar-refractivity contribution >= 4 is 22.7 Å². The normalized spacial score (nSPS) is 20.6. The third-order valence-corrected chi connectivity index (χ3v) is 7.84. The highest BCUT2D eigenvalue weighted by Gasteiger charge is 2.48. The van der Waals surface area contributed by atoms with Crippen LogP contribution in [0.15, 0.2) is 48.5 Å². The van der Waals surface area contributed by atoms with Gasteiger partial charge >= 0.3 is 0 Å². The number of nitrogens with zero attached hydrogens (tertiary/aromatic N) is 2. The molecule has 2 aliphatic rings. The average Bonchev–Trinajstić information content (AvgIpc) is 3.05. The number of para-hydroxylation sites is 1. The Hall–Kier alpha value is -3.48. The molecule has 2 amide bonds. The number of hydrogen-bond donors (Lipinski definition) is 1. The first-order chi connectivity index (χ1) is 17.4. The van der Waals surface area contributed by atoms with Crippen molar-refractivity contribution in [3.8, 4) is 11.5 Å². The Bertz CT molecular complexity index is 1270. The SMILES string of the molecule is COc1ccc2cc3n(c2c1)CC(C)(C(=O)NC1CCCCCC1)N(Cc1ccccc1OC)C3=O. The fourth-order valence-corrected chi connectivity index (χ4v) is 5.67. The lowest BCUT2D eigenvalue weighted by molar-refractivity contribution is -0.134. The molecule has 1 aliphatic heterocycles. The number of rotatable bonds is 6. The van der Waals surface area contributed by atoms with Gasteiger partial charge in [-0.1, -0.05) is 43.9 Å². The molecule has 1 fully saturated rings. The molecule has 1 saturated carbocycles. The van der Waals surface area contributed by atoms with E-state index in [9.17, 15) is 9.59 Å². The number of aromatic nitrogens is 1. The predicted octanol–water partition coefficient (Wildman–Crippen LogP) is 4.91. The second-order valence-corrected chi connectivity index (χ2v) is 10.2. The molecule has 0 saturated heterocycles. The molecule has 1 unspecified atom stereocenters. The summed E-state index contributed by atoms with van der Waals surface area (Å²) in [6, 6.07) is 15.5. The molecular weight excluding hydrogens is 454 g/mol. The minimum absolute atomic E-state index is 0.104. The first-order valence-electron chi connectivity index (χ1n) is 12.9. The zero-order chi connectivity index (χ0) is 25.3. The van der Waals surface area contributed by atoms with Crippen LogP contribution in [0.5, 0.6) is 11.5 Å². The van der Waals surface area contributed by atoms with Crippen molar-refractivity contribution in [1.82, 2.24) is 14.8 Å². The Morgan fingerprint density at radius 1 is 1.03 bits per heavy atom. The Balaban J connectivity index is 1.57. The highest BCUT2D eigenvalue weighted by atomic mass is 16.5. The summed E-state index contributed by atoms with van der Waals surface area (Å²) in [4.78, 5) is 29.8. The number of nitrogens with one attached hydrogen (secondary N) is 1. The molecule has 7 heteroatoms. The maximum atomic E-state index is 14.1. The molecule has 7 nitrogen and oxygen atoms in total. The van der Waals surface area contributed by atoms with E-state index >= 15 is 0 Å². The standard InChI is InChI=1S/C29H35N3O4/c1-29(28(34)30-22-11-6-4-5-7-12-22)19-31-24-17-23(35-2)15-14-20(24)16-25(31)27(33)32(29)18-21-10-8-9-13-26(21)36-3/h8-10,13-17,22H,4-7,11-12,18-19H2,1-3H3,(H,30,34). The highest BCUT2D eigenvalue weighted by Crippen LogP contribution is 2.36. The first-order valence-corrected chi connectivity index (χ1v) is 12.9. The van der Waals surface area contributed by atoms with E-state index in [0.29, 0.717) is 18.0 Å². The van der Waals surface area contributed by atoms with Crippen molar-refractivity contribution in [3.05, 3.63) is 59.8 Å². The third-order valence-electron chi connectivity index (χ3n) is 7.84. The van der Waals surface area contributed by atoms with E-state index in [2.05, 4.69) is 5.32 Å². The van der Waals surface area contributed by atoms with Gasteiger partial charge in [0, 0.05) is 23.1 Å². The van der Waals surface area contributed by atoms with E-state index in [0.717, 1.165) is 47.9 Å². The van der Waals surface area contributed by atoms with E-state index in [1.54, 1.807) is 19.1 Å². The van der Waals surface area contributed by atoms with Gasteiger partial charge in [0.2, 0.25) is 5.91 Å². The average molecular weight is 490 g/mol. The van der Waals surface area contributed by atoms with Gasteiger partial charge in [-0.3, -0.25) is 9.59 Å². The molecule has 190 valence electrons. The van der Waals surface area contributed by atoms with Crippen LogP contribution in [0.25, 0.3) is 10.9 Å². The molecule has 5 rings (SSSR count). The number of carbonyl (C=O) groups excluding carboxylic acids is 2. The molecular formula is C29H35N3O4. The molecule has 3 aromatic rings. The maximum absolute atomic E-state index is 14.1.